The summed E-state index contributed by atoms with van der Waals surface area (Å²) < 4.78 is 10.4. The smallest absolute Gasteiger partial charge is 0.308 e. The number of hydrogen-bond acceptors (Lipinski definition) is 4. The van der Waals surface area contributed by atoms with Crippen LogP contribution in [0.5, 0.6) is 11.5 Å². The third-order valence-electron chi connectivity index (χ3n) is 4.02. The molecule has 1 amide bonds. The number of carbonyl (C=O) groups is 2. The Morgan fingerprint density at radius 2 is 2.05 bits per heavy atom. The maximum absolute atomic E-state index is 12.2. The molecule has 6 heteroatoms. The van der Waals surface area contributed by atoms with Gasteiger partial charge in [0.15, 0.2) is 0 Å². The summed E-state index contributed by atoms with van der Waals surface area (Å²) in [5.74, 6) is -0.285. The molecule has 2 atom stereocenters. The van der Waals surface area contributed by atoms with Gasteiger partial charge in [-0.25, -0.2) is 0 Å². The standard InChI is InChI=1S/C16H21NO5/c1-21-11-6-7-14(22-2)10(8-11)9-15(18)17-13-5-3-4-12(13)16(19)20/h6-8,12-13H,3-5,9H2,1-2H3,(H,17,18)(H,19,20)/t12-,13+/m0/s1. The van der Waals surface area contributed by atoms with Gasteiger partial charge < -0.3 is 19.9 Å². The Balaban J connectivity index is 2.04. The minimum Gasteiger partial charge on any atom is -0.497 e. The summed E-state index contributed by atoms with van der Waals surface area (Å²) in [4.78, 5) is 23.4. The lowest BCUT2D eigenvalue weighted by molar-refractivity contribution is -0.142. The van der Waals surface area contributed by atoms with Crippen molar-refractivity contribution in [1.82, 2.24) is 5.32 Å². The first-order valence-electron chi connectivity index (χ1n) is 7.28. The largest absolute Gasteiger partial charge is 0.497 e. The number of methoxy groups -OCH3 is 2. The number of carbonyl (C=O) groups excluding carboxylic acids is 1. The number of rotatable bonds is 6. The Morgan fingerprint density at radius 1 is 1.27 bits per heavy atom. The van der Waals surface area contributed by atoms with Gasteiger partial charge in [0.2, 0.25) is 5.91 Å². The third kappa shape index (κ3) is 3.69. The van der Waals surface area contributed by atoms with Gasteiger partial charge in [-0.2, -0.15) is 0 Å². The molecule has 1 aromatic carbocycles. The summed E-state index contributed by atoms with van der Waals surface area (Å²) in [6.45, 7) is 0. The van der Waals surface area contributed by atoms with E-state index in [0.29, 0.717) is 29.9 Å². The lowest BCUT2D eigenvalue weighted by Gasteiger charge is -2.18. The molecule has 0 radical (unpaired) electrons. The van der Waals surface area contributed by atoms with Gasteiger partial charge in [0.05, 0.1) is 26.6 Å². The van der Waals surface area contributed by atoms with Crippen LogP contribution < -0.4 is 14.8 Å². The van der Waals surface area contributed by atoms with Gasteiger partial charge in [-0.15, -0.1) is 0 Å². The Hall–Kier alpha value is -2.24. The maximum atomic E-state index is 12.2. The molecule has 0 aliphatic heterocycles. The lowest BCUT2D eigenvalue weighted by Crippen LogP contribution is -2.40. The van der Waals surface area contributed by atoms with Crippen molar-refractivity contribution in [3.05, 3.63) is 23.8 Å². The summed E-state index contributed by atoms with van der Waals surface area (Å²) in [6.07, 6.45) is 2.27. The molecular weight excluding hydrogens is 286 g/mol. The van der Waals surface area contributed by atoms with Crippen LogP contribution in [0.25, 0.3) is 0 Å². The van der Waals surface area contributed by atoms with Crippen LogP contribution in [0, 0.1) is 5.92 Å². The predicted octanol–water partition coefficient (Wildman–Crippen LogP) is 1.62. The molecular formula is C16H21NO5. The van der Waals surface area contributed by atoms with Gasteiger partial charge in [-0.1, -0.05) is 6.42 Å². The Kier molecular flexibility index (Phi) is 5.25. The molecule has 1 aromatic rings. The van der Waals surface area contributed by atoms with E-state index in [1.54, 1.807) is 32.4 Å². The van der Waals surface area contributed by atoms with Crippen LogP contribution in [0.3, 0.4) is 0 Å². The highest BCUT2D eigenvalue weighted by Gasteiger charge is 2.33. The van der Waals surface area contributed by atoms with Crippen LogP contribution in [0.15, 0.2) is 18.2 Å². The maximum Gasteiger partial charge on any atom is 0.308 e. The van der Waals surface area contributed by atoms with Crippen molar-refractivity contribution in [2.24, 2.45) is 5.92 Å². The van der Waals surface area contributed by atoms with E-state index in [1.807, 2.05) is 0 Å². The number of amides is 1. The summed E-state index contributed by atoms with van der Waals surface area (Å²) in [5, 5.41) is 12.0. The lowest BCUT2D eigenvalue weighted by atomic mass is 10.0. The second-order valence-electron chi connectivity index (χ2n) is 5.40. The molecule has 0 unspecified atom stereocenters. The molecule has 1 aliphatic carbocycles. The molecule has 6 nitrogen and oxygen atoms in total. The van der Waals surface area contributed by atoms with Crippen LogP contribution in [-0.2, 0) is 16.0 Å². The molecule has 0 spiro atoms. The van der Waals surface area contributed by atoms with Crippen LogP contribution in [-0.4, -0.2) is 37.2 Å². The van der Waals surface area contributed by atoms with Crippen molar-refractivity contribution in [1.29, 1.82) is 0 Å². The molecule has 2 rings (SSSR count). The average Bonchev–Trinajstić information content (AvgIpc) is 2.95. The first kappa shape index (κ1) is 16.1. The van der Waals surface area contributed by atoms with Gasteiger partial charge >= 0.3 is 5.97 Å². The number of carboxylic acids is 1. The summed E-state index contributed by atoms with van der Waals surface area (Å²) >= 11 is 0. The van der Waals surface area contributed by atoms with Gasteiger partial charge in [-0.3, -0.25) is 9.59 Å². The second kappa shape index (κ2) is 7.15. The van der Waals surface area contributed by atoms with E-state index in [9.17, 15) is 9.59 Å². The molecule has 0 saturated heterocycles. The number of carboxylic acid groups (broad SMARTS) is 1. The highest BCUT2D eigenvalue weighted by Crippen LogP contribution is 2.27. The first-order chi connectivity index (χ1) is 10.5. The summed E-state index contributed by atoms with van der Waals surface area (Å²) in [5.41, 5.74) is 0.712. The van der Waals surface area contributed by atoms with Crippen LogP contribution >= 0.6 is 0 Å². The molecule has 1 aliphatic rings. The molecule has 0 heterocycles. The normalized spacial score (nSPS) is 20.5. The summed E-state index contributed by atoms with van der Waals surface area (Å²) in [6, 6.07) is 4.97. The van der Waals surface area contributed by atoms with E-state index in [-0.39, 0.29) is 18.4 Å². The van der Waals surface area contributed by atoms with Gasteiger partial charge in [-0.05, 0) is 31.0 Å². The van der Waals surface area contributed by atoms with E-state index in [4.69, 9.17) is 14.6 Å². The highest BCUT2D eigenvalue weighted by molar-refractivity contribution is 5.81. The average molecular weight is 307 g/mol. The van der Waals surface area contributed by atoms with Crippen molar-refractivity contribution in [3.63, 3.8) is 0 Å². The van der Waals surface area contributed by atoms with Crippen molar-refractivity contribution < 1.29 is 24.2 Å². The first-order valence-corrected chi connectivity index (χ1v) is 7.28. The zero-order valence-electron chi connectivity index (χ0n) is 12.8. The minimum atomic E-state index is -0.846. The fourth-order valence-corrected chi connectivity index (χ4v) is 2.88. The SMILES string of the molecule is COc1ccc(OC)c(CC(=O)N[C@@H]2CCC[C@@H]2C(=O)O)c1. The topological polar surface area (TPSA) is 84.9 Å². The van der Waals surface area contributed by atoms with Crippen molar-refractivity contribution in [2.45, 2.75) is 31.7 Å². The number of aliphatic carboxylic acids is 1. The van der Waals surface area contributed by atoms with E-state index < -0.39 is 11.9 Å². The fraction of sp³-hybridized carbons (Fsp3) is 0.500. The van der Waals surface area contributed by atoms with Crippen LogP contribution in [0.1, 0.15) is 24.8 Å². The molecule has 2 N–H and O–H groups in total. The van der Waals surface area contributed by atoms with E-state index >= 15 is 0 Å². The molecule has 1 saturated carbocycles. The number of hydrogen-bond donors (Lipinski definition) is 2. The molecule has 0 aromatic heterocycles. The van der Waals surface area contributed by atoms with E-state index in [1.165, 1.54) is 0 Å². The van der Waals surface area contributed by atoms with Gasteiger partial charge in [0.25, 0.3) is 0 Å². The highest BCUT2D eigenvalue weighted by atomic mass is 16.5. The zero-order chi connectivity index (χ0) is 16.1. The van der Waals surface area contributed by atoms with Crippen LogP contribution in [0.2, 0.25) is 0 Å². The number of nitrogens with one attached hydrogen (secondary N) is 1. The molecule has 0 bridgehead atoms. The Morgan fingerprint density at radius 3 is 2.68 bits per heavy atom. The van der Waals surface area contributed by atoms with Crippen LogP contribution in [0.4, 0.5) is 0 Å². The monoisotopic (exact) mass is 307 g/mol. The molecule has 120 valence electrons. The summed E-state index contributed by atoms with van der Waals surface area (Å²) in [7, 11) is 3.10. The van der Waals surface area contributed by atoms with E-state index in [0.717, 1.165) is 6.42 Å². The quantitative estimate of drug-likeness (QED) is 0.834. The van der Waals surface area contributed by atoms with E-state index in [2.05, 4.69) is 5.32 Å². The van der Waals surface area contributed by atoms with Crippen molar-refractivity contribution in [3.8, 4) is 11.5 Å². The number of benzene rings is 1. The molecule has 1 fully saturated rings. The Labute approximate surface area is 129 Å². The van der Waals surface area contributed by atoms with Gasteiger partial charge in [0, 0.05) is 11.6 Å². The third-order valence-corrected chi connectivity index (χ3v) is 4.02. The number of ether oxygens (including phenoxy) is 2. The van der Waals surface area contributed by atoms with Gasteiger partial charge in [0.1, 0.15) is 11.5 Å². The second-order valence-corrected chi connectivity index (χ2v) is 5.40. The fourth-order valence-electron chi connectivity index (χ4n) is 2.88. The van der Waals surface area contributed by atoms with Crippen molar-refractivity contribution in [2.75, 3.05) is 14.2 Å². The molecule has 22 heavy (non-hydrogen) atoms. The Bertz CT molecular complexity index is 557. The van der Waals surface area contributed by atoms with Crippen molar-refractivity contribution >= 4 is 11.9 Å². The zero-order valence-corrected chi connectivity index (χ0v) is 12.8. The predicted molar refractivity (Wildman–Crippen MR) is 80.2 cm³/mol. The minimum absolute atomic E-state index is 0.128.